The summed E-state index contributed by atoms with van der Waals surface area (Å²) in [5.74, 6) is 0. The monoisotopic (exact) mass is 234 g/mol. The molecule has 0 radical (unpaired) electrons. The zero-order chi connectivity index (χ0) is 12.5. The Morgan fingerprint density at radius 2 is 2.18 bits per heavy atom. The molecule has 94 valence electrons. The average Bonchev–Trinajstić information content (AvgIpc) is 2.26. The lowest BCUT2D eigenvalue weighted by atomic mass is 9.97. The fourth-order valence-electron chi connectivity index (χ4n) is 2.32. The molecule has 0 spiro atoms. The Morgan fingerprint density at radius 3 is 2.88 bits per heavy atom. The van der Waals surface area contributed by atoms with Crippen molar-refractivity contribution in [3.63, 3.8) is 0 Å². The third-order valence-electron chi connectivity index (χ3n) is 3.42. The Bertz CT molecular complexity index is 396. The van der Waals surface area contributed by atoms with Crippen LogP contribution < -0.4 is 5.73 Å². The van der Waals surface area contributed by atoms with Gasteiger partial charge in [0, 0.05) is 25.3 Å². The van der Waals surface area contributed by atoms with Gasteiger partial charge < -0.3 is 10.8 Å². The molecule has 1 heterocycles. The third-order valence-corrected chi connectivity index (χ3v) is 3.42. The molecule has 1 aliphatic rings. The second-order valence-electron chi connectivity index (χ2n) is 5.57. The Balaban J connectivity index is 1.99. The van der Waals surface area contributed by atoms with Crippen LogP contribution in [0.2, 0.25) is 0 Å². The topological polar surface area (TPSA) is 49.5 Å². The lowest BCUT2D eigenvalue weighted by Crippen LogP contribution is -2.35. The van der Waals surface area contributed by atoms with E-state index < -0.39 is 5.60 Å². The van der Waals surface area contributed by atoms with Gasteiger partial charge in [0.1, 0.15) is 0 Å². The molecule has 3 nitrogen and oxygen atoms in total. The minimum atomic E-state index is -0.573. The first-order valence-corrected chi connectivity index (χ1v) is 6.27. The van der Waals surface area contributed by atoms with Gasteiger partial charge in [-0.25, -0.2) is 0 Å². The van der Waals surface area contributed by atoms with E-state index >= 15 is 0 Å². The van der Waals surface area contributed by atoms with E-state index in [0.29, 0.717) is 0 Å². The third kappa shape index (κ3) is 3.20. The van der Waals surface area contributed by atoms with Crippen molar-refractivity contribution in [2.75, 3.05) is 18.8 Å². The van der Waals surface area contributed by atoms with Crippen LogP contribution in [-0.2, 0) is 13.0 Å². The van der Waals surface area contributed by atoms with Gasteiger partial charge in [0.05, 0.1) is 5.60 Å². The Morgan fingerprint density at radius 1 is 1.41 bits per heavy atom. The summed E-state index contributed by atoms with van der Waals surface area (Å²) in [7, 11) is 0. The first kappa shape index (κ1) is 12.4. The van der Waals surface area contributed by atoms with E-state index in [1.807, 2.05) is 26.0 Å². The predicted molar refractivity (Wildman–Crippen MR) is 70.8 cm³/mol. The van der Waals surface area contributed by atoms with E-state index in [0.717, 1.165) is 38.2 Å². The van der Waals surface area contributed by atoms with Gasteiger partial charge >= 0.3 is 0 Å². The maximum Gasteiger partial charge on any atom is 0.0603 e. The summed E-state index contributed by atoms with van der Waals surface area (Å²) in [5, 5.41) is 9.74. The fraction of sp³-hybridized carbons (Fsp3) is 0.571. The van der Waals surface area contributed by atoms with Crippen molar-refractivity contribution >= 4 is 5.69 Å². The van der Waals surface area contributed by atoms with Crippen LogP contribution in [0.25, 0.3) is 0 Å². The molecule has 0 aliphatic carbocycles. The zero-order valence-corrected chi connectivity index (χ0v) is 10.7. The molecule has 0 aromatic heterocycles. The fourth-order valence-corrected chi connectivity index (χ4v) is 2.32. The molecule has 0 bridgehead atoms. The van der Waals surface area contributed by atoms with Crippen LogP contribution in [0.1, 0.15) is 31.4 Å². The van der Waals surface area contributed by atoms with Crippen molar-refractivity contribution in [1.29, 1.82) is 0 Å². The number of hydrogen-bond donors (Lipinski definition) is 2. The Labute approximate surface area is 103 Å². The van der Waals surface area contributed by atoms with Crippen LogP contribution in [-0.4, -0.2) is 28.7 Å². The quantitative estimate of drug-likeness (QED) is 0.784. The highest BCUT2D eigenvalue weighted by Crippen LogP contribution is 2.24. The second kappa shape index (κ2) is 4.67. The number of fused-ring (bicyclic) bond motifs is 1. The van der Waals surface area contributed by atoms with Crippen LogP contribution in [0.4, 0.5) is 5.69 Å². The van der Waals surface area contributed by atoms with Crippen molar-refractivity contribution in [2.45, 2.75) is 38.8 Å². The summed E-state index contributed by atoms with van der Waals surface area (Å²) < 4.78 is 0. The molecule has 1 aromatic carbocycles. The number of rotatable bonds is 3. The number of anilines is 1. The first-order chi connectivity index (χ1) is 7.96. The maximum atomic E-state index is 9.74. The highest BCUT2D eigenvalue weighted by atomic mass is 16.3. The highest BCUT2D eigenvalue weighted by Gasteiger charge is 2.20. The second-order valence-corrected chi connectivity index (χ2v) is 5.57. The molecule has 0 saturated heterocycles. The van der Waals surface area contributed by atoms with Crippen LogP contribution in [0.3, 0.4) is 0 Å². The smallest absolute Gasteiger partial charge is 0.0603 e. The van der Waals surface area contributed by atoms with Crippen LogP contribution in [0.15, 0.2) is 18.2 Å². The van der Waals surface area contributed by atoms with Crippen LogP contribution >= 0.6 is 0 Å². The van der Waals surface area contributed by atoms with E-state index in [1.165, 1.54) is 11.1 Å². The summed E-state index contributed by atoms with van der Waals surface area (Å²) in [6.07, 6.45) is 1.83. The van der Waals surface area contributed by atoms with Crippen molar-refractivity contribution in [3.05, 3.63) is 29.3 Å². The van der Waals surface area contributed by atoms with E-state index in [2.05, 4.69) is 11.0 Å². The minimum Gasteiger partial charge on any atom is -0.398 e. The van der Waals surface area contributed by atoms with Gasteiger partial charge in [-0.3, -0.25) is 4.90 Å². The predicted octanol–water partition coefficient (Wildman–Crippen LogP) is 1.79. The molecular weight excluding hydrogens is 212 g/mol. The van der Waals surface area contributed by atoms with Crippen molar-refractivity contribution in [1.82, 2.24) is 4.90 Å². The molecular formula is C14H22N2O. The molecule has 3 N–H and O–H groups in total. The molecule has 2 rings (SSSR count). The number of hydrogen-bond acceptors (Lipinski definition) is 3. The summed E-state index contributed by atoms with van der Waals surface area (Å²) in [6.45, 7) is 6.66. The first-order valence-electron chi connectivity index (χ1n) is 6.27. The summed E-state index contributed by atoms with van der Waals surface area (Å²) in [6, 6.07) is 6.15. The number of aliphatic hydroxyl groups is 1. The standard InChI is InChI=1S/C14H22N2O/c1-14(2,17)7-9-16-8-6-12-11(10-16)4-3-5-13(12)15/h3-5,17H,6-10,15H2,1-2H3. The summed E-state index contributed by atoms with van der Waals surface area (Å²) >= 11 is 0. The van der Waals surface area contributed by atoms with Crippen molar-refractivity contribution in [3.8, 4) is 0 Å². The molecule has 0 atom stereocenters. The molecule has 17 heavy (non-hydrogen) atoms. The van der Waals surface area contributed by atoms with E-state index in [9.17, 15) is 5.11 Å². The molecule has 3 heteroatoms. The summed E-state index contributed by atoms with van der Waals surface area (Å²) in [5.41, 5.74) is 8.97. The average molecular weight is 234 g/mol. The number of nitrogens with zero attached hydrogens (tertiary/aromatic N) is 1. The van der Waals surface area contributed by atoms with E-state index in [4.69, 9.17) is 5.73 Å². The molecule has 1 aromatic rings. The lowest BCUT2D eigenvalue weighted by molar-refractivity contribution is 0.0558. The minimum absolute atomic E-state index is 0.573. The lowest BCUT2D eigenvalue weighted by Gasteiger charge is -2.31. The van der Waals surface area contributed by atoms with Gasteiger partial charge in [-0.05, 0) is 43.9 Å². The SMILES string of the molecule is CC(C)(O)CCN1CCc2c(N)cccc2C1. The van der Waals surface area contributed by atoms with Gasteiger partial charge in [-0.15, -0.1) is 0 Å². The molecule has 0 saturated carbocycles. The zero-order valence-electron chi connectivity index (χ0n) is 10.7. The van der Waals surface area contributed by atoms with Crippen molar-refractivity contribution < 1.29 is 5.11 Å². The van der Waals surface area contributed by atoms with E-state index in [1.54, 1.807) is 0 Å². The van der Waals surface area contributed by atoms with Crippen LogP contribution in [0.5, 0.6) is 0 Å². The van der Waals surface area contributed by atoms with Gasteiger partial charge in [-0.1, -0.05) is 12.1 Å². The Kier molecular flexibility index (Phi) is 3.40. The van der Waals surface area contributed by atoms with Crippen LogP contribution in [0, 0.1) is 0 Å². The van der Waals surface area contributed by atoms with Crippen molar-refractivity contribution in [2.24, 2.45) is 0 Å². The van der Waals surface area contributed by atoms with Gasteiger partial charge in [-0.2, -0.15) is 0 Å². The van der Waals surface area contributed by atoms with Gasteiger partial charge in [0.15, 0.2) is 0 Å². The molecule has 0 fully saturated rings. The number of benzene rings is 1. The van der Waals surface area contributed by atoms with E-state index in [-0.39, 0.29) is 0 Å². The number of nitrogens with two attached hydrogens (primary N) is 1. The normalized spacial score (nSPS) is 16.9. The largest absolute Gasteiger partial charge is 0.398 e. The molecule has 1 aliphatic heterocycles. The van der Waals surface area contributed by atoms with Gasteiger partial charge in [0.25, 0.3) is 0 Å². The number of nitrogen functional groups attached to an aromatic ring is 1. The highest BCUT2D eigenvalue weighted by molar-refractivity contribution is 5.51. The van der Waals surface area contributed by atoms with Gasteiger partial charge in [0.2, 0.25) is 0 Å². The summed E-state index contributed by atoms with van der Waals surface area (Å²) in [4.78, 5) is 2.39. The maximum absolute atomic E-state index is 9.74. The molecule has 0 unspecified atom stereocenters. The molecule has 0 amide bonds. The Hall–Kier alpha value is -1.06.